The number of likely N-dealkylation sites (N-methyl/N-ethyl adjacent to an activating group) is 1. The molecule has 1 aliphatic rings. The van der Waals surface area contributed by atoms with E-state index >= 15 is 0 Å². The molecule has 0 saturated carbocycles. The van der Waals surface area contributed by atoms with Crippen LogP contribution in [0.1, 0.15) is 16.1 Å². The van der Waals surface area contributed by atoms with Crippen molar-refractivity contribution in [2.45, 2.75) is 12.5 Å². The van der Waals surface area contributed by atoms with Crippen LogP contribution < -0.4 is 0 Å². The largest absolute Gasteiger partial charge is 0.379 e. The van der Waals surface area contributed by atoms with Gasteiger partial charge in [0.1, 0.15) is 4.88 Å². The number of thiophene rings is 1. The molecule has 2 heterocycles. The van der Waals surface area contributed by atoms with Crippen LogP contribution in [0.25, 0.3) is 0 Å². The Balaban J connectivity index is 2.10. The summed E-state index contributed by atoms with van der Waals surface area (Å²) >= 11 is 4.84. The summed E-state index contributed by atoms with van der Waals surface area (Å²) in [5.41, 5.74) is 0. The Morgan fingerprint density at radius 2 is 2.53 bits per heavy atom. The lowest BCUT2D eigenvalue weighted by Crippen LogP contribution is -2.37. The molecule has 0 radical (unpaired) electrons. The Morgan fingerprint density at radius 1 is 1.73 bits per heavy atom. The summed E-state index contributed by atoms with van der Waals surface area (Å²) in [5, 5.41) is 1.91. The number of hydrogen-bond acceptors (Lipinski definition) is 3. The zero-order valence-corrected chi connectivity index (χ0v) is 10.8. The van der Waals surface area contributed by atoms with Crippen molar-refractivity contribution in [1.82, 2.24) is 4.90 Å². The topological polar surface area (TPSA) is 29.5 Å². The summed E-state index contributed by atoms with van der Waals surface area (Å²) in [6.45, 7) is 1.42. The first-order valence-corrected chi connectivity index (χ1v) is 6.45. The molecule has 3 nitrogen and oxygen atoms in total. The molecule has 1 unspecified atom stereocenters. The van der Waals surface area contributed by atoms with Crippen molar-refractivity contribution in [3.63, 3.8) is 0 Å². The highest BCUT2D eigenvalue weighted by Gasteiger charge is 2.26. The second-order valence-corrected chi connectivity index (χ2v) is 5.30. The quantitative estimate of drug-likeness (QED) is 0.837. The van der Waals surface area contributed by atoms with Crippen LogP contribution in [0, 0.1) is 0 Å². The van der Waals surface area contributed by atoms with Gasteiger partial charge in [0.05, 0.1) is 12.6 Å². The van der Waals surface area contributed by atoms with Crippen LogP contribution >= 0.6 is 27.3 Å². The highest BCUT2D eigenvalue weighted by Crippen LogP contribution is 2.25. The van der Waals surface area contributed by atoms with Gasteiger partial charge in [0.15, 0.2) is 0 Å². The molecule has 1 saturated heterocycles. The maximum absolute atomic E-state index is 12.1. The number of halogens is 1. The molecule has 1 amide bonds. The summed E-state index contributed by atoms with van der Waals surface area (Å²) in [4.78, 5) is 14.6. The van der Waals surface area contributed by atoms with Crippen molar-refractivity contribution in [1.29, 1.82) is 0 Å². The van der Waals surface area contributed by atoms with E-state index in [1.165, 1.54) is 11.3 Å². The smallest absolute Gasteiger partial charge is 0.265 e. The fraction of sp³-hybridized carbons (Fsp3) is 0.500. The average Bonchev–Trinajstić information content (AvgIpc) is 2.85. The molecule has 0 N–H and O–H groups in total. The van der Waals surface area contributed by atoms with Crippen molar-refractivity contribution in [2.75, 3.05) is 20.3 Å². The van der Waals surface area contributed by atoms with Gasteiger partial charge in [0.25, 0.3) is 5.91 Å². The first-order valence-electron chi connectivity index (χ1n) is 4.78. The molecule has 1 aromatic heterocycles. The Kier molecular flexibility index (Phi) is 3.43. The van der Waals surface area contributed by atoms with E-state index in [2.05, 4.69) is 15.9 Å². The van der Waals surface area contributed by atoms with E-state index < -0.39 is 0 Å². The molecule has 1 aliphatic heterocycles. The monoisotopic (exact) mass is 289 g/mol. The van der Waals surface area contributed by atoms with E-state index in [0.717, 1.165) is 22.4 Å². The van der Waals surface area contributed by atoms with Crippen molar-refractivity contribution in [3.05, 3.63) is 20.8 Å². The predicted octanol–water partition coefficient (Wildman–Crippen LogP) is 2.37. The summed E-state index contributed by atoms with van der Waals surface area (Å²) in [6.07, 6.45) is 0.936. The van der Waals surface area contributed by atoms with Crippen molar-refractivity contribution < 1.29 is 9.53 Å². The van der Waals surface area contributed by atoms with Gasteiger partial charge in [-0.25, -0.2) is 0 Å². The molecule has 1 atom stereocenters. The van der Waals surface area contributed by atoms with E-state index in [-0.39, 0.29) is 11.9 Å². The normalized spacial score (nSPS) is 20.5. The Hall–Kier alpha value is -0.390. The van der Waals surface area contributed by atoms with Gasteiger partial charge in [-0.1, -0.05) is 0 Å². The zero-order chi connectivity index (χ0) is 10.8. The molecule has 1 fully saturated rings. The lowest BCUT2D eigenvalue weighted by atomic mass is 10.2. The highest BCUT2D eigenvalue weighted by molar-refractivity contribution is 9.10. The second kappa shape index (κ2) is 4.63. The number of rotatable bonds is 2. The van der Waals surface area contributed by atoms with Gasteiger partial charge in [-0.2, -0.15) is 0 Å². The van der Waals surface area contributed by atoms with Crippen LogP contribution in [0.15, 0.2) is 15.9 Å². The van der Waals surface area contributed by atoms with Crippen LogP contribution in [-0.4, -0.2) is 37.1 Å². The van der Waals surface area contributed by atoms with Crippen LogP contribution in [0.3, 0.4) is 0 Å². The minimum Gasteiger partial charge on any atom is -0.379 e. The van der Waals surface area contributed by atoms with E-state index in [9.17, 15) is 4.79 Å². The third-order valence-corrected chi connectivity index (χ3v) is 4.41. The maximum atomic E-state index is 12.1. The summed E-state index contributed by atoms with van der Waals surface area (Å²) < 4.78 is 6.15. The molecule has 0 aliphatic carbocycles. The average molecular weight is 290 g/mol. The summed E-state index contributed by atoms with van der Waals surface area (Å²) in [7, 11) is 1.84. The van der Waals surface area contributed by atoms with E-state index in [0.29, 0.717) is 6.61 Å². The molecule has 2 rings (SSSR count). The molecular formula is C10H12BrNO2S. The third kappa shape index (κ3) is 2.24. The van der Waals surface area contributed by atoms with Gasteiger partial charge < -0.3 is 9.64 Å². The SMILES string of the molecule is CN(C(=O)c1sccc1Br)C1CCOC1. The minimum atomic E-state index is 0.0763. The number of hydrogen-bond donors (Lipinski definition) is 0. The Morgan fingerprint density at radius 3 is 3.07 bits per heavy atom. The fourth-order valence-corrected chi connectivity index (χ4v) is 3.12. The van der Waals surface area contributed by atoms with Gasteiger partial charge >= 0.3 is 0 Å². The first kappa shape index (κ1) is 11.1. The van der Waals surface area contributed by atoms with Gasteiger partial charge in [0.2, 0.25) is 0 Å². The van der Waals surface area contributed by atoms with E-state index in [4.69, 9.17) is 4.74 Å². The van der Waals surface area contributed by atoms with Crippen molar-refractivity contribution in [2.24, 2.45) is 0 Å². The molecule has 0 bridgehead atoms. The van der Waals surface area contributed by atoms with Crippen molar-refractivity contribution in [3.8, 4) is 0 Å². The van der Waals surface area contributed by atoms with Gasteiger partial charge in [0, 0.05) is 18.1 Å². The maximum Gasteiger partial charge on any atom is 0.265 e. The second-order valence-electron chi connectivity index (χ2n) is 3.53. The van der Waals surface area contributed by atoms with Crippen LogP contribution in [0.2, 0.25) is 0 Å². The molecule has 0 spiro atoms. The lowest BCUT2D eigenvalue weighted by Gasteiger charge is -2.22. The number of ether oxygens (including phenoxy) is 1. The number of nitrogens with zero attached hydrogens (tertiary/aromatic N) is 1. The first-order chi connectivity index (χ1) is 7.20. The van der Waals surface area contributed by atoms with Gasteiger partial charge in [-0.05, 0) is 33.8 Å². The molecule has 0 aromatic carbocycles. The third-order valence-electron chi connectivity index (χ3n) is 2.59. The molecule has 82 valence electrons. The zero-order valence-electron chi connectivity index (χ0n) is 8.40. The summed E-state index contributed by atoms with van der Waals surface area (Å²) in [5.74, 6) is 0.0763. The number of carbonyl (C=O) groups is 1. The van der Waals surface area contributed by atoms with Crippen LogP contribution in [0.4, 0.5) is 0 Å². The molecule has 15 heavy (non-hydrogen) atoms. The lowest BCUT2D eigenvalue weighted by molar-refractivity contribution is 0.0715. The van der Waals surface area contributed by atoms with Crippen molar-refractivity contribution >= 4 is 33.2 Å². The molecular weight excluding hydrogens is 278 g/mol. The van der Waals surface area contributed by atoms with E-state index in [1.54, 1.807) is 4.90 Å². The Labute approximate surface area is 101 Å². The van der Waals surface area contributed by atoms with Gasteiger partial charge in [-0.15, -0.1) is 11.3 Å². The van der Waals surface area contributed by atoms with E-state index in [1.807, 2.05) is 18.5 Å². The Bertz CT molecular complexity index is 360. The molecule has 5 heteroatoms. The highest BCUT2D eigenvalue weighted by atomic mass is 79.9. The summed E-state index contributed by atoms with van der Waals surface area (Å²) in [6, 6.07) is 2.13. The van der Waals surface area contributed by atoms with Crippen LogP contribution in [-0.2, 0) is 4.74 Å². The molecule has 1 aromatic rings. The predicted molar refractivity (Wildman–Crippen MR) is 63.3 cm³/mol. The minimum absolute atomic E-state index is 0.0763. The van der Waals surface area contributed by atoms with Crippen LogP contribution in [0.5, 0.6) is 0 Å². The number of amides is 1. The fourth-order valence-electron chi connectivity index (χ4n) is 1.60. The number of carbonyl (C=O) groups excluding carboxylic acids is 1. The van der Waals surface area contributed by atoms with Gasteiger partial charge in [-0.3, -0.25) is 4.79 Å². The standard InChI is InChI=1S/C10H12BrNO2S/c1-12(7-2-4-14-6-7)10(13)9-8(11)3-5-15-9/h3,5,7H,2,4,6H2,1H3.